The number of carbonyl (C=O) groups is 1. The number of hydrogen-bond acceptors (Lipinski definition) is 5. The van der Waals surface area contributed by atoms with Crippen LogP contribution in [-0.4, -0.2) is 46.2 Å². The third-order valence-corrected chi connectivity index (χ3v) is 4.35. The fourth-order valence-corrected chi connectivity index (χ4v) is 2.76. The molecule has 2 rings (SSSR count). The summed E-state index contributed by atoms with van der Waals surface area (Å²) >= 11 is 0. The quantitative estimate of drug-likeness (QED) is 0.640. The molecule has 0 atom stereocenters. The molecular formula is C22H28N2O4. The summed E-state index contributed by atoms with van der Waals surface area (Å²) in [5, 5.41) is 2.94. The predicted molar refractivity (Wildman–Crippen MR) is 110 cm³/mol. The molecule has 1 amide bonds. The summed E-state index contributed by atoms with van der Waals surface area (Å²) in [4.78, 5) is 17.0. The van der Waals surface area contributed by atoms with Crippen molar-refractivity contribution in [2.24, 2.45) is 4.99 Å². The first kappa shape index (κ1) is 21.4. The molecule has 0 aromatic heterocycles. The predicted octanol–water partition coefficient (Wildman–Crippen LogP) is 3.02. The molecule has 0 fully saturated rings. The first-order chi connectivity index (χ1) is 13.6. The van der Waals surface area contributed by atoms with Crippen LogP contribution < -0.4 is 14.8 Å². The van der Waals surface area contributed by atoms with Gasteiger partial charge in [0, 0.05) is 19.2 Å². The maximum absolute atomic E-state index is 12.7. The van der Waals surface area contributed by atoms with Crippen LogP contribution in [0.5, 0.6) is 11.5 Å². The molecule has 6 heteroatoms. The Kier molecular flexibility index (Phi) is 8.49. The first-order valence-electron chi connectivity index (χ1n) is 9.24. The molecule has 150 valence electrons. The van der Waals surface area contributed by atoms with Gasteiger partial charge < -0.3 is 19.5 Å². The summed E-state index contributed by atoms with van der Waals surface area (Å²) in [7, 11) is 4.76. The molecule has 1 N–H and O–H groups in total. The molecule has 0 aliphatic carbocycles. The highest BCUT2D eigenvalue weighted by atomic mass is 16.5. The SMILES string of the molecule is CCc1ccc(/C(=N/COC)C(=O)NCCc2ccc(OC)c(OC)c2)cc1. The molecule has 2 aromatic rings. The van der Waals surface area contributed by atoms with Crippen LogP contribution in [-0.2, 0) is 22.4 Å². The van der Waals surface area contributed by atoms with E-state index in [1.165, 1.54) is 5.56 Å². The van der Waals surface area contributed by atoms with E-state index >= 15 is 0 Å². The van der Waals surface area contributed by atoms with Crippen LogP contribution in [0.25, 0.3) is 0 Å². The van der Waals surface area contributed by atoms with E-state index in [0.717, 1.165) is 17.5 Å². The van der Waals surface area contributed by atoms with Crippen LogP contribution in [0, 0.1) is 0 Å². The van der Waals surface area contributed by atoms with Crippen LogP contribution in [0.4, 0.5) is 0 Å². The molecule has 0 spiro atoms. The van der Waals surface area contributed by atoms with Gasteiger partial charge in [0.15, 0.2) is 11.5 Å². The molecule has 0 unspecified atom stereocenters. The van der Waals surface area contributed by atoms with Gasteiger partial charge in [0.2, 0.25) is 0 Å². The molecule has 0 bridgehead atoms. The Morgan fingerprint density at radius 2 is 1.64 bits per heavy atom. The molecule has 6 nitrogen and oxygen atoms in total. The van der Waals surface area contributed by atoms with Gasteiger partial charge in [0.1, 0.15) is 12.4 Å². The number of amides is 1. The van der Waals surface area contributed by atoms with Gasteiger partial charge in [-0.1, -0.05) is 37.3 Å². The van der Waals surface area contributed by atoms with Gasteiger partial charge in [-0.25, -0.2) is 0 Å². The molecule has 0 saturated heterocycles. The minimum atomic E-state index is -0.221. The Morgan fingerprint density at radius 1 is 0.964 bits per heavy atom. The minimum absolute atomic E-state index is 0.133. The number of aryl methyl sites for hydroxylation is 1. The zero-order valence-corrected chi connectivity index (χ0v) is 17.0. The number of nitrogens with zero attached hydrogens (tertiary/aromatic N) is 1. The van der Waals surface area contributed by atoms with Crippen molar-refractivity contribution in [3.63, 3.8) is 0 Å². The van der Waals surface area contributed by atoms with Crippen LogP contribution in [0.2, 0.25) is 0 Å². The lowest BCUT2D eigenvalue weighted by Crippen LogP contribution is -2.33. The summed E-state index contributed by atoms with van der Waals surface area (Å²) in [5.41, 5.74) is 3.40. The Hall–Kier alpha value is -2.86. The van der Waals surface area contributed by atoms with Crippen molar-refractivity contribution in [2.45, 2.75) is 19.8 Å². The standard InChI is InChI=1S/C22H28N2O4/c1-5-16-6-9-18(10-7-16)21(24-15-26-2)22(25)23-13-12-17-8-11-19(27-3)20(14-17)28-4/h6-11,14H,5,12-13,15H2,1-4H3,(H,23,25)/b24-21-. The third kappa shape index (κ3) is 5.82. The van der Waals surface area contributed by atoms with Crippen molar-refractivity contribution in [2.75, 3.05) is 34.6 Å². The van der Waals surface area contributed by atoms with Crippen molar-refractivity contribution in [1.29, 1.82) is 0 Å². The second kappa shape index (κ2) is 11.1. The molecular weight excluding hydrogens is 356 g/mol. The Bertz CT molecular complexity index is 801. The molecule has 0 saturated carbocycles. The van der Waals surface area contributed by atoms with Gasteiger partial charge >= 0.3 is 0 Å². The fourth-order valence-electron chi connectivity index (χ4n) is 2.76. The molecule has 0 aliphatic rings. The number of ether oxygens (including phenoxy) is 3. The Morgan fingerprint density at radius 3 is 2.25 bits per heavy atom. The lowest BCUT2D eigenvalue weighted by Gasteiger charge is -2.11. The maximum Gasteiger partial charge on any atom is 0.270 e. The van der Waals surface area contributed by atoms with Gasteiger partial charge in [-0.2, -0.15) is 0 Å². The van der Waals surface area contributed by atoms with Crippen LogP contribution in [0.15, 0.2) is 47.5 Å². The average Bonchev–Trinajstić information content (AvgIpc) is 2.74. The van der Waals surface area contributed by atoms with E-state index in [1.54, 1.807) is 21.3 Å². The Labute approximate surface area is 166 Å². The highest BCUT2D eigenvalue weighted by Crippen LogP contribution is 2.27. The number of benzene rings is 2. The van der Waals surface area contributed by atoms with Crippen molar-refractivity contribution < 1.29 is 19.0 Å². The van der Waals surface area contributed by atoms with E-state index in [0.29, 0.717) is 30.2 Å². The topological polar surface area (TPSA) is 69.2 Å². The van der Waals surface area contributed by atoms with Crippen LogP contribution >= 0.6 is 0 Å². The molecule has 28 heavy (non-hydrogen) atoms. The lowest BCUT2D eigenvalue weighted by atomic mass is 10.1. The van der Waals surface area contributed by atoms with E-state index in [2.05, 4.69) is 17.2 Å². The average molecular weight is 384 g/mol. The largest absolute Gasteiger partial charge is 0.493 e. The second-order valence-electron chi connectivity index (χ2n) is 6.17. The van der Waals surface area contributed by atoms with Crippen LogP contribution in [0.3, 0.4) is 0 Å². The first-order valence-corrected chi connectivity index (χ1v) is 9.24. The third-order valence-electron chi connectivity index (χ3n) is 4.35. The number of aliphatic imine (C=N–C) groups is 1. The summed E-state index contributed by atoms with van der Waals surface area (Å²) in [6.45, 7) is 2.71. The van der Waals surface area contributed by atoms with Gasteiger partial charge in [-0.3, -0.25) is 9.79 Å². The molecule has 0 aliphatic heterocycles. The summed E-state index contributed by atoms with van der Waals surface area (Å²) in [6.07, 6.45) is 1.61. The lowest BCUT2D eigenvalue weighted by molar-refractivity contribution is -0.114. The second-order valence-corrected chi connectivity index (χ2v) is 6.17. The molecule has 0 radical (unpaired) electrons. The zero-order chi connectivity index (χ0) is 20.4. The monoisotopic (exact) mass is 384 g/mol. The van der Waals surface area contributed by atoms with Crippen molar-refractivity contribution >= 4 is 11.6 Å². The van der Waals surface area contributed by atoms with Gasteiger partial charge in [-0.05, 0) is 36.1 Å². The van der Waals surface area contributed by atoms with E-state index in [4.69, 9.17) is 14.2 Å². The number of hydrogen-bond donors (Lipinski definition) is 1. The zero-order valence-electron chi connectivity index (χ0n) is 17.0. The molecule has 0 heterocycles. The Balaban J connectivity index is 2.03. The van der Waals surface area contributed by atoms with Gasteiger partial charge in [0.25, 0.3) is 5.91 Å². The van der Waals surface area contributed by atoms with Crippen molar-refractivity contribution in [3.05, 3.63) is 59.2 Å². The van der Waals surface area contributed by atoms with Gasteiger partial charge in [0.05, 0.1) is 14.2 Å². The number of carbonyl (C=O) groups excluding carboxylic acids is 1. The highest BCUT2D eigenvalue weighted by Gasteiger charge is 2.14. The van der Waals surface area contributed by atoms with Gasteiger partial charge in [-0.15, -0.1) is 0 Å². The highest BCUT2D eigenvalue weighted by molar-refractivity contribution is 6.45. The van der Waals surface area contributed by atoms with E-state index in [-0.39, 0.29) is 12.6 Å². The smallest absolute Gasteiger partial charge is 0.270 e. The van der Waals surface area contributed by atoms with E-state index in [9.17, 15) is 4.79 Å². The van der Waals surface area contributed by atoms with Crippen LogP contribution in [0.1, 0.15) is 23.6 Å². The summed E-state index contributed by atoms with van der Waals surface area (Å²) in [6, 6.07) is 13.6. The van der Waals surface area contributed by atoms with E-state index < -0.39 is 0 Å². The van der Waals surface area contributed by atoms with Crippen molar-refractivity contribution in [1.82, 2.24) is 5.32 Å². The fraction of sp³-hybridized carbons (Fsp3) is 0.364. The number of nitrogens with one attached hydrogen (secondary N) is 1. The maximum atomic E-state index is 12.7. The number of methoxy groups -OCH3 is 3. The number of rotatable bonds is 10. The van der Waals surface area contributed by atoms with Crippen molar-refractivity contribution in [3.8, 4) is 11.5 Å². The summed E-state index contributed by atoms with van der Waals surface area (Å²) in [5.74, 6) is 1.13. The summed E-state index contributed by atoms with van der Waals surface area (Å²) < 4.78 is 15.6. The minimum Gasteiger partial charge on any atom is -0.493 e. The van der Waals surface area contributed by atoms with E-state index in [1.807, 2.05) is 42.5 Å². The molecule has 2 aromatic carbocycles. The normalized spacial score (nSPS) is 11.2.